The summed E-state index contributed by atoms with van der Waals surface area (Å²) in [6.45, 7) is 1.71. The van der Waals surface area contributed by atoms with Crippen molar-refractivity contribution >= 4 is 17.6 Å². The molecule has 2 N–H and O–H groups in total. The summed E-state index contributed by atoms with van der Waals surface area (Å²) in [5, 5.41) is 15.7. The largest absolute Gasteiger partial charge is 0.496 e. The van der Waals surface area contributed by atoms with E-state index in [1.165, 1.54) is 30.0 Å². The van der Waals surface area contributed by atoms with E-state index >= 15 is 0 Å². The zero-order chi connectivity index (χ0) is 15.4. The van der Waals surface area contributed by atoms with Crippen molar-refractivity contribution in [3.05, 3.63) is 42.2 Å². The van der Waals surface area contributed by atoms with Crippen molar-refractivity contribution in [1.82, 2.24) is 9.78 Å². The average Bonchev–Trinajstić information content (AvgIpc) is 3.00. The summed E-state index contributed by atoms with van der Waals surface area (Å²) in [6.07, 6.45) is 3.28. The first-order valence-electron chi connectivity index (χ1n) is 6.24. The SMILES string of the molecule is COc1cc(NC(=O)C(C)n2cccn2)ccc1C(=O)O. The van der Waals surface area contributed by atoms with E-state index in [9.17, 15) is 9.59 Å². The van der Waals surface area contributed by atoms with Gasteiger partial charge < -0.3 is 15.2 Å². The summed E-state index contributed by atoms with van der Waals surface area (Å²) >= 11 is 0. The number of hydrogen-bond acceptors (Lipinski definition) is 4. The number of nitrogens with one attached hydrogen (secondary N) is 1. The van der Waals surface area contributed by atoms with Crippen LogP contribution in [0.2, 0.25) is 0 Å². The first-order valence-corrected chi connectivity index (χ1v) is 6.24. The Hall–Kier alpha value is -2.83. The summed E-state index contributed by atoms with van der Waals surface area (Å²) in [6, 6.07) is 5.62. The Kier molecular flexibility index (Phi) is 4.22. The van der Waals surface area contributed by atoms with Crippen molar-refractivity contribution in [2.24, 2.45) is 0 Å². The molecule has 21 heavy (non-hydrogen) atoms. The van der Waals surface area contributed by atoms with E-state index < -0.39 is 12.0 Å². The number of benzene rings is 1. The standard InChI is InChI=1S/C14H15N3O4/c1-9(17-7-3-6-15-17)13(18)16-10-4-5-11(14(19)20)12(8-10)21-2/h3-9H,1-2H3,(H,16,18)(H,19,20). The second-order valence-corrected chi connectivity index (χ2v) is 4.37. The van der Waals surface area contributed by atoms with Crippen LogP contribution in [-0.2, 0) is 4.79 Å². The highest BCUT2D eigenvalue weighted by molar-refractivity contribution is 5.95. The van der Waals surface area contributed by atoms with Gasteiger partial charge in [-0.3, -0.25) is 9.48 Å². The normalized spacial score (nSPS) is 11.7. The lowest BCUT2D eigenvalue weighted by Crippen LogP contribution is -2.24. The topological polar surface area (TPSA) is 93.5 Å². The maximum atomic E-state index is 12.1. The van der Waals surface area contributed by atoms with E-state index in [-0.39, 0.29) is 17.2 Å². The van der Waals surface area contributed by atoms with Crippen molar-refractivity contribution in [3.8, 4) is 5.75 Å². The van der Waals surface area contributed by atoms with Gasteiger partial charge in [-0.05, 0) is 25.1 Å². The zero-order valence-electron chi connectivity index (χ0n) is 11.6. The Labute approximate surface area is 121 Å². The molecule has 110 valence electrons. The van der Waals surface area contributed by atoms with Gasteiger partial charge in [-0.25, -0.2) is 4.79 Å². The molecule has 0 fully saturated rings. The number of carboxylic acid groups (broad SMARTS) is 1. The summed E-state index contributed by atoms with van der Waals surface area (Å²) < 4.78 is 6.54. The van der Waals surface area contributed by atoms with E-state index in [2.05, 4.69) is 10.4 Å². The van der Waals surface area contributed by atoms with Crippen LogP contribution in [-0.4, -0.2) is 33.9 Å². The number of methoxy groups -OCH3 is 1. The van der Waals surface area contributed by atoms with E-state index in [1.807, 2.05) is 0 Å². The highest BCUT2D eigenvalue weighted by Crippen LogP contribution is 2.23. The lowest BCUT2D eigenvalue weighted by atomic mass is 10.1. The quantitative estimate of drug-likeness (QED) is 0.875. The number of carbonyl (C=O) groups is 2. The van der Waals surface area contributed by atoms with Gasteiger partial charge in [0.1, 0.15) is 17.4 Å². The second-order valence-electron chi connectivity index (χ2n) is 4.37. The molecule has 0 saturated heterocycles. The maximum Gasteiger partial charge on any atom is 0.339 e. The number of anilines is 1. The molecular formula is C14H15N3O4. The second kappa shape index (κ2) is 6.08. The lowest BCUT2D eigenvalue weighted by molar-refractivity contribution is -0.119. The summed E-state index contributed by atoms with van der Waals surface area (Å²) in [5.74, 6) is -1.16. The first-order chi connectivity index (χ1) is 10.0. The Morgan fingerprint density at radius 1 is 1.43 bits per heavy atom. The highest BCUT2D eigenvalue weighted by atomic mass is 16.5. The molecule has 7 heteroatoms. The van der Waals surface area contributed by atoms with Gasteiger partial charge in [-0.15, -0.1) is 0 Å². The van der Waals surface area contributed by atoms with Gasteiger partial charge in [-0.2, -0.15) is 5.10 Å². The Morgan fingerprint density at radius 3 is 2.76 bits per heavy atom. The monoisotopic (exact) mass is 289 g/mol. The summed E-state index contributed by atoms with van der Waals surface area (Å²) in [4.78, 5) is 23.1. The highest BCUT2D eigenvalue weighted by Gasteiger charge is 2.17. The van der Waals surface area contributed by atoms with Gasteiger partial charge >= 0.3 is 5.97 Å². The molecule has 0 spiro atoms. The molecule has 1 heterocycles. The number of aromatic nitrogens is 2. The third-order valence-corrected chi connectivity index (χ3v) is 3.00. The molecule has 0 aliphatic carbocycles. The van der Waals surface area contributed by atoms with E-state index in [4.69, 9.17) is 9.84 Å². The molecule has 1 atom stereocenters. The number of hydrogen-bond donors (Lipinski definition) is 2. The zero-order valence-corrected chi connectivity index (χ0v) is 11.6. The van der Waals surface area contributed by atoms with Crippen molar-refractivity contribution < 1.29 is 19.4 Å². The number of carboxylic acids is 1. The van der Waals surface area contributed by atoms with Gasteiger partial charge in [0.05, 0.1) is 7.11 Å². The molecule has 0 saturated carbocycles. The molecule has 1 aromatic heterocycles. The van der Waals surface area contributed by atoms with Gasteiger partial charge in [0.2, 0.25) is 5.91 Å². The number of carbonyl (C=O) groups excluding carboxylic acids is 1. The van der Waals surface area contributed by atoms with Crippen LogP contribution in [0.15, 0.2) is 36.7 Å². The Bertz CT molecular complexity index is 652. The fourth-order valence-electron chi connectivity index (χ4n) is 1.82. The summed E-state index contributed by atoms with van der Waals surface area (Å²) in [5.41, 5.74) is 0.497. The Morgan fingerprint density at radius 2 is 2.19 bits per heavy atom. The minimum absolute atomic E-state index is 0.0376. The van der Waals surface area contributed by atoms with E-state index in [0.717, 1.165) is 0 Å². The van der Waals surface area contributed by atoms with Crippen LogP contribution in [0, 0.1) is 0 Å². The molecule has 1 amide bonds. The third kappa shape index (κ3) is 3.19. The maximum absolute atomic E-state index is 12.1. The number of nitrogens with zero attached hydrogens (tertiary/aromatic N) is 2. The van der Waals surface area contributed by atoms with Crippen molar-refractivity contribution in [1.29, 1.82) is 0 Å². The van der Waals surface area contributed by atoms with Gasteiger partial charge in [-0.1, -0.05) is 0 Å². The average molecular weight is 289 g/mol. The fourth-order valence-corrected chi connectivity index (χ4v) is 1.82. The van der Waals surface area contributed by atoms with Crippen LogP contribution >= 0.6 is 0 Å². The van der Waals surface area contributed by atoms with Crippen molar-refractivity contribution in [2.45, 2.75) is 13.0 Å². The van der Waals surface area contributed by atoms with Crippen LogP contribution in [0.3, 0.4) is 0 Å². The molecule has 7 nitrogen and oxygen atoms in total. The number of aromatic carboxylic acids is 1. The van der Waals surface area contributed by atoms with E-state index in [0.29, 0.717) is 5.69 Å². The predicted molar refractivity (Wildman–Crippen MR) is 75.5 cm³/mol. The molecular weight excluding hydrogens is 274 g/mol. The molecule has 0 aliphatic rings. The van der Waals surface area contributed by atoms with Crippen LogP contribution in [0.25, 0.3) is 0 Å². The Balaban J connectivity index is 2.16. The fraction of sp³-hybridized carbons (Fsp3) is 0.214. The van der Waals surface area contributed by atoms with Crippen molar-refractivity contribution in [2.75, 3.05) is 12.4 Å². The molecule has 1 unspecified atom stereocenters. The third-order valence-electron chi connectivity index (χ3n) is 3.00. The molecule has 1 aromatic carbocycles. The first kappa shape index (κ1) is 14.6. The number of rotatable bonds is 5. The lowest BCUT2D eigenvalue weighted by Gasteiger charge is -2.14. The number of amides is 1. The van der Waals surface area contributed by atoms with Crippen LogP contribution in [0.4, 0.5) is 5.69 Å². The molecule has 0 aliphatic heterocycles. The minimum Gasteiger partial charge on any atom is -0.496 e. The predicted octanol–water partition coefficient (Wildman–Crippen LogP) is 1.79. The number of ether oxygens (including phenoxy) is 1. The van der Waals surface area contributed by atoms with E-state index in [1.54, 1.807) is 25.4 Å². The molecule has 0 bridgehead atoms. The van der Waals surface area contributed by atoms with Gasteiger partial charge in [0, 0.05) is 24.1 Å². The summed E-state index contributed by atoms with van der Waals surface area (Å²) in [7, 11) is 1.37. The molecule has 0 radical (unpaired) electrons. The van der Waals surface area contributed by atoms with Crippen LogP contribution in [0.1, 0.15) is 23.3 Å². The van der Waals surface area contributed by atoms with Crippen LogP contribution in [0.5, 0.6) is 5.75 Å². The minimum atomic E-state index is -1.09. The van der Waals surface area contributed by atoms with Gasteiger partial charge in [0.15, 0.2) is 0 Å². The van der Waals surface area contributed by atoms with Crippen LogP contribution < -0.4 is 10.1 Å². The van der Waals surface area contributed by atoms with Crippen molar-refractivity contribution in [3.63, 3.8) is 0 Å². The van der Waals surface area contributed by atoms with Gasteiger partial charge in [0.25, 0.3) is 0 Å². The molecule has 2 aromatic rings. The molecule has 2 rings (SSSR count). The smallest absolute Gasteiger partial charge is 0.339 e.